The molecule has 2 rings (SSSR count). The van der Waals surface area contributed by atoms with Crippen molar-refractivity contribution >= 4 is 28.1 Å². The molecule has 1 amide bonds. The van der Waals surface area contributed by atoms with Gasteiger partial charge in [-0.2, -0.15) is 13.2 Å². The number of halogens is 3. The van der Waals surface area contributed by atoms with Gasteiger partial charge in [-0.05, 0) is 37.5 Å². The van der Waals surface area contributed by atoms with Crippen LogP contribution in [0.15, 0.2) is 29.6 Å². The Balaban J connectivity index is 2.01. The fraction of sp³-hybridized carbons (Fsp3) is 0.444. The van der Waals surface area contributed by atoms with E-state index < -0.39 is 11.9 Å². The fourth-order valence-electron chi connectivity index (χ4n) is 2.11. The summed E-state index contributed by atoms with van der Waals surface area (Å²) in [5, 5.41) is 6.96. The van der Waals surface area contributed by atoms with Crippen molar-refractivity contribution in [1.29, 1.82) is 0 Å². The minimum absolute atomic E-state index is 0.0540. The Kier molecular flexibility index (Phi) is 6.28. The van der Waals surface area contributed by atoms with Gasteiger partial charge in [-0.3, -0.25) is 4.79 Å². The molecule has 0 bridgehead atoms. The Bertz CT molecular complexity index is 741. The molecular weight excluding hydrogens is 363 g/mol. The number of hydrogen-bond donors (Lipinski definition) is 2. The number of thiazole rings is 1. The monoisotopic (exact) mass is 385 g/mol. The molecule has 0 aliphatic rings. The van der Waals surface area contributed by atoms with Gasteiger partial charge in [0.1, 0.15) is 0 Å². The van der Waals surface area contributed by atoms with Gasteiger partial charge in [-0.15, -0.1) is 11.3 Å². The minimum atomic E-state index is -4.45. The van der Waals surface area contributed by atoms with Crippen LogP contribution in [0.3, 0.4) is 0 Å². The van der Waals surface area contributed by atoms with Crippen LogP contribution in [0.4, 0.5) is 24.0 Å². The van der Waals surface area contributed by atoms with E-state index in [4.69, 9.17) is 0 Å². The van der Waals surface area contributed by atoms with Crippen molar-refractivity contribution in [2.45, 2.75) is 45.8 Å². The van der Waals surface area contributed by atoms with Gasteiger partial charge in [-0.1, -0.05) is 26.0 Å². The second kappa shape index (κ2) is 8.07. The summed E-state index contributed by atoms with van der Waals surface area (Å²) in [5.41, 5.74) is 0.533. The normalized spacial score (nSPS) is 14.2. The largest absolute Gasteiger partial charge is 0.434 e. The second-order valence-electron chi connectivity index (χ2n) is 6.55. The van der Waals surface area contributed by atoms with Gasteiger partial charge < -0.3 is 10.6 Å². The van der Waals surface area contributed by atoms with Crippen molar-refractivity contribution in [1.82, 2.24) is 10.3 Å². The number of amides is 1. The number of rotatable bonds is 6. The number of hydrogen-bond acceptors (Lipinski definition) is 4. The Labute approximate surface area is 154 Å². The molecule has 0 unspecified atom stereocenters. The molecule has 0 spiro atoms. The number of carbonyl (C=O) groups is 1. The molecule has 1 aromatic heterocycles. The number of alkyl halides is 3. The predicted octanol–water partition coefficient (Wildman–Crippen LogP) is 5.17. The highest BCUT2D eigenvalue weighted by Gasteiger charge is 2.33. The van der Waals surface area contributed by atoms with Crippen LogP contribution in [-0.2, 0) is 11.0 Å². The summed E-state index contributed by atoms with van der Waals surface area (Å²) in [6.45, 7) is 7.87. The van der Waals surface area contributed by atoms with Crippen LogP contribution in [0.25, 0.3) is 0 Å². The van der Waals surface area contributed by atoms with Gasteiger partial charge in [0.15, 0.2) is 10.8 Å². The van der Waals surface area contributed by atoms with Crippen molar-refractivity contribution in [3.05, 3.63) is 40.9 Å². The molecule has 0 aliphatic carbocycles. The lowest BCUT2D eigenvalue weighted by Crippen LogP contribution is -2.38. The maximum Gasteiger partial charge on any atom is 0.434 e. The van der Waals surface area contributed by atoms with E-state index in [-0.39, 0.29) is 23.0 Å². The van der Waals surface area contributed by atoms with E-state index in [9.17, 15) is 18.0 Å². The van der Waals surface area contributed by atoms with E-state index in [1.165, 1.54) is 0 Å². The Morgan fingerprint density at radius 2 is 1.73 bits per heavy atom. The van der Waals surface area contributed by atoms with Gasteiger partial charge in [0.25, 0.3) is 0 Å². The molecule has 2 aromatic rings. The molecule has 2 atom stereocenters. The summed E-state index contributed by atoms with van der Waals surface area (Å²) in [6, 6.07) is 7.09. The Morgan fingerprint density at radius 3 is 2.23 bits per heavy atom. The quantitative estimate of drug-likeness (QED) is 0.721. The summed E-state index contributed by atoms with van der Waals surface area (Å²) in [6.07, 6.45) is -4.45. The zero-order chi connectivity index (χ0) is 19.5. The molecule has 8 heteroatoms. The van der Waals surface area contributed by atoms with Gasteiger partial charge in [0, 0.05) is 17.1 Å². The third kappa shape index (κ3) is 5.20. The van der Waals surface area contributed by atoms with E-state index >= 15 is 0 Å². The van der Waals surface area contributed by atoms with Crippen molar-refractivity contribution < 1.29 is 18.0 Å². The smallest absolute Gasteiger partial charge is 0.353 e. The maximum atomic E-state index is 12.6. The van der Waals surface area contributed by atoms with Crippen LogP contribution in [-0.4, -0.2) is 16.9 Å². The topological polar surface area (TPSA) is 54.0 Å². The van der Waals surface area contributed by atoms with Crippen LogP contribution in [0.1, 0.15) is 44.9 Å². The zero-order valence-corrected chi connectivity index (χ0v) is 15.8. The summed E-state index contributed by atoms with van der Waals surface area (Å²) in [4.78, 5) is 15.8. The van der Waals surface area contributed by atoms with E-state index in [1.54, 1.807) is 24.3 Å². The van der Waals surface area contributed by atoms with Crippen molar-refractivity contribution in [3.8, 4) is 0 Å². The van der Waals surface area contributed by atoms with E-state index in [2.05, 4.69) is 15.6 Å². The lowest BCUT2D eigenvalue weighted by Gasteiger charge is -2.20. The molecule has 26 heavy (non-hydrogen) atoms. The lowest BCUT2D eigenvalue weighted by atomic mass is 9.98. The molecule has 2 N–H and O–H groups in total. The van der Waals surface area contributed by atoms with Crippen LogP contribution in [0.2, 0.25) is 0 Å². The molecule has 0 radical (unpaired) electrons. The number of nitrogens with zero attached hydrogens (tertiary/aromatic N) is 1. The number of carbonyl (C=O) groups excluding carboxylic acids is 1. The van der Waals surface area contributed by atoms with Crippen molar-refractivity contribution in [3.63, 3.8) is 0 Å². The minimum Gasteiger partial charge on any atom is -0.353 e. The van der Waals surface area contributed by atoms with Crippen molar-refractivity contribution in [2.24, 2.45) is 5.92 Å². The summed E-state index contributed by atoms with van der Waals surface area (Å²) < 4.78 is 37.7. The number of benzene rings is 1. The average Bonchev–Trinajstić information content (AvgIpc) is 3.03. The first-order chi connectivity index (χ1) is 12.1. The lowest BCUT2D eigenvalue weighted by molar-refractivity contribution is -0.140. The van der Waals surface area contributed by atoms with Crippen LogP contribution < -0.4 is 10.6 Å². The molecule has 0 fully saturated rings. The molecule has 0 aliphatic heterocycles. The number of anilines is 2. The van der Waals surface area contributed by atoms with Crippen LogP contribution in [0.5, 0.6) is 0 Å². The third-order valence-electron chi connectivity index (χ3n) is 4.22. The highest BCUT2D eigenvalue weighted by atomic mass is 32.1. The summed E-state index contributed by atoms with van der Waals surface area (Å²) in [5.74, 6) is -0.0267. The van der Waals surface area contributed by atoms with E-state index in [0.717, 1.165) is 22.3 Å². The first-order valence-electron chi connectivity index (χ1n) is 8.28. The van der Waals surface area contributed by atoms with Crippen LogP contribution in [0, 0.1) is 5.92 Å². The van der Waals surface area contributed by atoms with Gasteiger partial charge in [0.2, 0.25) is 5.91 Å². The average molecular weight is 385 g/mol. The SMILES string of the molecule is CC(C)[C@H](C)NC(=O)[C@@H](C)c1ccc(Nc2nc(C(F)(F)F)cs2)cc1. The molecule has 142 valence electrons. The van der Waals surface area contributed by atoms with Gasteiger partial charge in [0.05, 0.1) is 5.92 Å². The summed E-state index contributed by atoms with van der Waals surface area (Å²) >= 11 is 0.890. The highest BCUT2D eigenvalue weighted by molar-refractivity contribution is 7.13. The van der Waals surface area contributed by atoms with Crippen molar-refractivity contribution in [2.75, 3.05) is 5.32 Å². The fourth-order valence-corrected chi connectivity index (χ4v) is 2.84. The Hall–Kier alpha value is -2.09. The van der Waals surface area contributed by atoms with E-state index in [1.807, 2.05) is 27.7 Å². The van der Waals surface area contributed by atoms with Gasteiger partial charge >= 0.3 is 6.18 Å². The molecule has 1 aromatic carbocycles. The molecule has 4 nitrogen and oxygen atoms in total. The predicted molar refractivity (Wildman–Crippen MR) is 97.7 cm³/mol. The highest BCUT2D eigenvalue weighted by Crippen LogP contribution is 2.32. The maximum absolute atomic E-state index is 12.6. The Morgan fingerprint density at radius 1 is 1.12 bits per heavy atom. The molecule has 1 heterocycles. The standard InChI is InChI=1S/C18H22F3N3OS/c1-10(2)12(4)22-16(25)11(3)13-5-7-14(8-6-13)23-17-24-15(9-26-17)18(19,20)21/h5-12H,1-4H3,(H,22,25)(H,23,24)/t11-,12-/m0/s1. The van der Waals surface area contributed by atoms with Crippen LogP contribution >= 0.6 is 11.3 Å². The first kappa shape index (κ1) is 20.2. The third-order valence-corrected chi connectivity index (χ3v) is 4.98. The number of aromatic nitrogens is 1. The van der Waals surface area contributed by atoms with E-state index in [0.29, 0.717) is 11.6 Å². The molecule has 0 saturated heterocycles. The summed E-state index contributed by atoms with van der Waals surface area (Å²) in [7, 11) is 0. The number of nitrogens with one attached hydrogen (secondary N) is 2. The molecular formula is C18H22F3N3OS. The first-order valence-corrected chi connectivity index (χ1v) is 9.16. The second-order valence-corrected chi connectivity index (χ2v) is 7.40. The zero-order valence-electron chi connectivity index (χ0n) is 15.0. The molecule has 0 saturated carbocycles. The van der Waals surface area contributed by atoms with Gasteiger partial charge in [-0.25, -0.2) is 4.98 Å².